The molecule has 17 heavy (non-hydrogen) atoms. The lowest BCUT2D eigenvalue weighted by Crippen LogP contribution is -2.44. The van der Waals surface area contributed by atoms with Crippen LogP contribution in [0.25, 0.3) is 0 Å². The predicted octanol–water partition coefficient (Wildman–Crippen LogP) is 2.10. The van der Waals surface area contributed by atoms with Gasteiger partial charge >= 0.3 is 0 Å². The van der Waals surface area contributed by atoms with Crippen LogP contribution in [0.5, 0.6) is 0 Å². The molecule has 4 heteroatoms. The molecule has 1 saturated carbocycles. The van der Waals surface area contributed by atoms with Gasteiger partial charge in [0.2, 0.25) is 5.91 Å². The van der Waals surface area contributed by atoms with E-state index in [1.807, 2.05) is 0 Å². The molecule has 1 heterocycles. The summed E-state index contributed by atoms with van der Waals surface area (Å²) in [5.41, 5.74) is 0.319. The Labute approximate surface area is 111 Å². The standard InChI is InChI=1S/C13H24N2O.ClH/c1-13(6-8-14-9-7-13)10-15-12(16)11-4-2-3-5-11;/h11,14H,2-10H2,1H3,(H,15,16);1H. The Hall–Kier alpha value is -0.280. The Balaban J connectivity index is 0.00000144. The minimum atomic E-state index is 0. The Bertz CT molecular complexity index is 246. The number of nitrogens with one attached hydrogen (secondary N) is 2. The van der Waals surface area contributed by atoms with E-state index in [1.54, 1.807) is 0 Å². The molecule has 0 unspecified atom stereocenters. The van der Waals surface area contributed by atoms with E-state index in [1.165, 1.54) is 25.7 Å². The zero-order valence-corrected chi connectivity index (χ0v) is 11.6. The minimum Gasteiger partial charge on any atom is -0.355 e. The van der Waals surface area contributed by atoms with Crippen molar-refractivity contribution in [3.8, 4) is 0 Å². The van der Waals surface area contributed by atoms with E-state index in [-0.39, 0.29) is 12.4 Å². The zero-order chi connectivity index (χ0) is 11.4. The van der Waals surface area contributed by atoms with Crippen molar-refractivity contribution in [2.75, 3.05) is 19.6 Å². The van der Waals surface area contributed by atoms with Crippen molar-refractivity contribution in [3.05, 3.63) is 0 Å². The fraction of sp³-hybridized carbons (Fsp3) is 0.923. The highest BCUT2D eigenvalue weighted by Crippen LogP contribution is 2.28. The van der Waals surface area contributed by atoms with E-state index >= 15 is 0 Å². The van der Waals surface area contributed by atoms with Crippen LogP contribution in [-0.4, -0.2) is 25.5 Å². The van der Waals surface area contributed by atoms with E-state index in [4.69, 9.17) is 0 Å². The molecule has 3 nitrogen and oxygen atoms in total. The highest BCUT2D eigenvalue weighted by atomic mass is 35.5. The van der Waals surface area contributed by atoms with Crippen LogP contribution in [-0.2, 0) is 4.79 Å². The second-order valence-electron chi connectivity index (χ2n) is 5.76. The van der Waals surface area contributed by atoms with E-state index in [2.05, 4.69) is 17.6 Å². The first-order valence-corrected chi connectivity index (χ1v) is 6.68. The van der Waals surface area contributed by atoms with Gasteiger partial charge in [-0.2, -0.15) is 0 Å². The summed E-state index contributed by atoms with van der Waals surface area (Å²) in [5, 5.41) is 6.54. The number of piperidine rings is 1. The molecule has 2 fully saturated rings. The largest absolute Gasteiger partial charge is 0.355 e. The lowest BCUT2D eigenvalue weighted by molar-refractivity contribution is -0.125. The first-order chi connectivity index (χ1) is 7.70. The molecule has 0 bridgehead atoms. The van der Waals surface area contributed by atoms with Gasteiger partial charge in [-0.25, -0.2) is 0 Å². The van der Waals surface area contributed by atoms with E-state index < -0.39 is 0 Å². The van der Waals surface area contributed by atoms with E-state index in [0.717, 1.165) is 32.5 Å². The van der Waals surface area contributed by atoms with Crippen LogP contribution in [0, 0.1) is 11.3 Å². The third kappa shape index (κ3) is 4.14. The zero-order valence-electron chi connectivity index (χ0n) is 10.8. The molecule has 1 saturated heterocycles. The SMILES string of the molecule is CC1(CNC(=O)C2CCCC2)CCNCC1.Cl. The number of rotatable bonds is 3. The summed E-state index contributed by atoms with van der Waals surface area (Å²) in [7, 11) is 0. The van der Waals surface area contributed by atoms with Crippen molar-refractivity contribution in [3.63, 3.8) is 0 Å². The van der Waals surface area contributed by atoms with Crippen LogP contribution in [0.1, 0.15) is 45.4 Å². The molecular weight excluding hydrogens is 236 g/mol. The minimum absolute atomic E-state index is 0. The van der Waals surface area contributed by atoms with Gasteiger partial charge in [-0.15, -0.1) is 12.4 Å². The van der Waals surface area contributed by atoms with Crippen LogP contribution in [0.2, 0.25) is 0 Å². The number of halogens is 1. The summed E-state index contributed by atoms with van der Waals surface area (Å²) in [4.78, 5) is 11.9. The van der Waals surface area contributed by atoms with E-state index in [0.29, 0.717) is 17.2 Å². The van der Waals surface area contributed by atoms with Gasteiger partial charge in [0, 0.05) is 12.5 Å². The van der Waals surface area contributed by atoms with Gasteiger partial charge < -0.3 is 10.6 Å². The van der Waals surface area contributed by atoms with Crippen molar-refractivity contribution < 1.29 is 4.79 Å². The van der Waals surface area contributed by atoms with Crippen LogP contribution < -0.4 is 10.6 Å². The maximum atomic E-state index is 11.9. The molecule has 1 aliphatic heterocycles. The molecule has 0 spiro atoms. The summed E-state index contributed by atoms with van der Waals surface area (Å²) in [5.74, 6) is 0.613. The molecule has 1 amide bonds. The molecule has 2 aliphatic rings. The number of carbonyl (C=O) groups is 1. The van der Waals surface area contributed by atoms with Gasteiger partial charge in [-0.05, 0) is 44.2 Å². The molecular formula is C13H25ClN2O. The Kier molecular flexibility index (Phi) is 5.74. The number of amides is 1. The molecule has 1 aliphatic carbocycles. The van der Waals surface area contributed by atoms with Crippen LogP contribution >= 0.6 is 12.4 Å². The molecule has 0 aromatic carbocycles. The smallest absolute Gasteiger partial charge is 0.223 e. The van der Waals surface area contributed by atoms with Crippen molar-refractivity contribution in [1.82, 2.24) is 10.6 Å². The van der Waals surface area contributed by atoms with Gasteiger partial charge in [-0.1, -0.05) is 19.8 Å². The maximum absolute atomic E-state index is 11.9. The Morgan fingerprint density at radius 3 is 2.47 bits per heavy atom. The third-order valence-electron chi connectivity index (χ3n) is 4.23. The Morgan fingerprint density at radius 1 is 1.29 bits per heavy atom. The molecule has 2 rings (SSSR count). The fourth-order valence-electron chi connectivity index (χ4n) is 2.84. The molecule has 0 radical (unpaired) electrons. The van der Waals surface area contributed by atoms with Crippen molar-refractivity contribution in [1.29, 1.82) is 0 Å². The van der Waals surface area contributed by atoms with Crippen molar-refractivity contribution in [2.45, 2.75) is 45.4 Å². The van der Waals surface area contributed by atoms with Gasteiger partial charge in [0.25, 0.3) is 0 Å². The molecule has 0 atom stereocenters. The monoisotopic (exact) mass is 260 g/mol. The molecule has 0 aromatic heterocycles. The summed E-state index contributed by atoms with van der Waals surface area (Å²) in [6, 6.07) is 0. The van der Waals surface area contributed by atoms with Crippen LogP contribution in [0.3, 0.4) is 0 Å². The number of hydrogen-bond acceptors (Lipinski definition) is 2. The van der Waals surface area contributed by atoms with E-state index in [9.17, 15) is 4.79 Å². The van der Waals surface area contributed by atoms with Gasteiger partial charge in [-0.3, -0.25) is 4.79 Å². The second kappa shape index (κ2) is 6.60. The normalized spacial score (nSPS) is 24.1. The molecule has 0 aromatic rings. The lowest BCUT2D eigenvalue weighted by atomic mass is 9.81. The third-order valence-corrected chi connectivity index (χ3v) is 4.23. The fourth-order valence-corrected chi connectivity index (χ4v) is 2.84. The number of carbonyl (C=O) groups excluding carboxylic acids is 1. The summed E-state index contributed by atoms with van der Waals surface area (Å²) >= 11 is 0. The van der Waals surface area contributed by atoms with Crippen LogP contribution in [0.15, 0.2) is 0 Å². The van der Waals surface area contributed by atoms with Gasteiger partial charge in [0.1, 0.15) is 0 Å². The van der Waals surface area contributed by atoms with Gasteiger partial charge in [0.15, 0.2) is 0 Å². The van der Waals surface area contributed by atoms with Crippen molar-refractivity contribution >= 4 is 18.3 Å². The summed E-state index contributed by atoms with van der Waals surface area (Å²) < 4.78 is 0. The topological polar surface area (TPSA) is 41.1 Å². The van der Waals surface area contributed by atoms with Gasteiger partial charge in [0.05, 0.1) is 0 Å². The molecule has 100 valence electrons. The first-order valence-electron chi connectivity index (χ1n) is 6.68. The first kappa shape index (κ1) is 14.8. The highest BCUT2D eigenvalue weighted by Gasteiger charge is 2.29. The van der Waals surface area contributed by atoms with Crippen LogP contribution in [0.4, 0.5) is 0 Å². The van der Waals surface area contributed by atoms with Crippen molar-refractivity contribution in [2.24, 2.45) is 11.3 Å². The molecule has 2 N–H and O–H groups in total. The summed E-state index contributed by atoms with van der Waals surface area (Å²) in [6.45, 7) is 5.35. The number of hydrogen-bond donors (Lipinski definition) is 2. The maximum Gasteiger partial charge on any atom is 0.223 e. The quantitative estimate of drug-likeness (QED) is 0.816. The average molecular weight is 261 g/mol. The lowest BCUT2D eigenvalue weighted by Gasteiger charge is -2.34. The highest BCUT2D eigenvalue weighted by molar-refractivity contribution is 5.85. The predicted molar refractivity (Wildman–Crippen MR) is 72.4 cm³/mol. The Morgan fingerprint density at radius 2 is 1.88 bits per heavy atom. The second-order valence-corrected chi connectivity index (χ2v) is 5.76. The average Bonchev–Trinajstić information content (AvgIpc) is 2.80. The summed E-state index contributed by atoms with van der Waals surface area (Å²) in [6.07, 6.45) is 7.03.